The first-order valence-corrected chi connectivity index (χ1v) is 6.70. The van der Waals surface area contributed by atoms with E-state index in [2.05, 4.69) is 31.2 Å². The lowest BCUT2D eigenvalue weighted by Crippen LogP contribution is -2.19. The topological polar surface area (TPSA) is 3.24 Å². The number of nitrogens with zero attached hydrogens (tertiary/aromatic N) is 1. The highest BCUT2D eigenvalue weighted by atomic mass is 15.1. The molecule has 1 nitrogen and oxygen atoms in total. The highest BCUT2D eigenvalue weighted by molar-refractivity contribution is 5.63. The average molecular weight is 275 g/mol. The molecule has 0 unspecified atom stereocenters. The van der Waals surface area contributed by atoms with Crippen LogP contribution < -0.4 is 4.90 Å². The van der Waals surface area contributed by atoms with E-state index >= 15 is 0 Å². The lowest BCUT2D eigenvalue weighted by atomic mass is 10.2. The van der Waals surface area contributed by atoms with Crippen molar-refractivity contribution < 1.29 is 0 Å². The van der Waals surface area contributed by atoms with Crippen LogP contribution in [0.1, 0.15) is 0 Å². The fourth-order valence-electron chi connectivity index (χ4n) is 1.87. The summed E-state index contributed by atoms with van der Waals surface area (Å²) in [6.07, 6.45) is 14.8. The molecule has 21 heavy (non-hydrogen) atoms. The maximum absolute atomic E-state index is 3.89. The number of para-hydroxylation sites is 1. The van der Waals surface area contributed by atoms with E-state index in [-0.39, 0.29) is 0 Å². The molecule has 0 aromatic heterocycles. The smallest absolute Gasteiger partial charge is 0.0461 e. The first kappa shape index (κ1) is 16.3. The molecule has 0 aliphatic carbocycles. The van der Waals surface area contributed by atoms with E-state index in [0.717, 1.165) is 17.1 Å². The van der Waals surface area contributed by atoms with Crippen LogP contribution in [0.15, 0.2) is 117 Å². The van der Waals surface area contributed by atoms with Crippen molar-refractivity contribution in [3.05, 3.63) is 117 Å². The second kappa shape index (κ2) is 9.16. The number of rotatable bonds is 8. The Bertz CT molecular complexity index is 586. The predicted octanol–water partition coefficient (Wildman–Crippen LogP) is 5.56. The maximum atomic E-state index is 3.89. The monoisotopic (exact) mass is 275 g/mol. The number of benzene rings is 1. The summed E-state index contributed by atoms with van der Waals surface area (Å²) in [4.78, 5) is 2.08. The summed E-state index contributed by atoms with van der Waals surface area (Å²) in [5, 5.41) is 0. The summed E-state index contributed by atoms with van der Waals surface area (Å²) in [5.74, 6) is 0. The van der Waals surface area contributed by atoms with Crippen molar-refractivity contribution >= 4 is 5.69 Å². The average Bonchev–Trinajstić information content (AvgIpc) is 2.53. The molecule has 0 saturated heterocycles. The van der Waals surface area contributed by atoms with Gasteiger partial charge in [0.15, 0.2) is 0 Å². The molecule has 0 amide bonds. The van der Waals surface area contributed by atoms with Gasteiger partial charge < -0.3 is 4.90 Å². The molecule has 0 radical (unpaired) electrons. The lowest BCUT2D eigenvalue weighted by molar-refractivity contribution is 1.14. The van der Waals surface area contributed by atoms with Crippen LogP contribution in [0.4, 0.5) is 5.69 Å². The number of hydrogen-bond donors (Lipinski definition) is 0. The molecular formula is C20H21N. The quantitative estimate of drug-likeness (QED) is 0.561. The maximum Gasteiger partial charge on any atom is 0.0461 e. The van der Waals surface area contributed by atoms with E-state index < -0.39 is 0 Å². The van der Waals surface area contributed by atoms with Gasteiger partial charge in [0, 0.05) is 17.1 Å². The zero-order valence-electron chi connectivity index (χ0n) is 12.3. The van der Waals surface area contributed by atoms with Crippen LogP contribution in [0.5, 0.6) is 0 Å². The standard InChI is InChI=1S/C20H21N/c1-5-9-15-19(14-7-3)21(18(8-4)13-6-2)20-16-11-10-12-17-20/h5-17H,1-4H2/b15-9-,18-13+,19-14+. The van der Waals surface area contributed by atoms with Gasteiger partial charge in [-0.05, 0) is 36.4 Å². The van der Waals surface area contributed by atoms with Crippen molar-refractivity contribution in [3.63, 3.8) is 0 Å². The predicted molar refractivity (Wildman–Crippen MR) is 95.0 cm³/mol. The Balaban J connectivity index is 3.45. The molecule has 0 aliphatic rings. The number of allylic oxidation sites excluding steroid dienone is 8. The Morgan fingerprint density at radius 1 is 0.810 bits per heavy atom. The van der Waals surface area contributed by atoms with Crippen molar-refractivity contribution in [2.75, 3.05) is 4.90 Å². The van der Waals surface area contributed by atoms with Crippen molar-refractivity contribution in [1.82, 2.24) is 0 Å². The number of hydrogen-bond acceptors (Lipinski definition) is 1. The Morgan fingerprint density at radius 2 is 1.43 bits per heavy atom. The summed E-state index contributed by atoms with van der Waals surface area (Å²) in [7, 11) is 0. The second-order valence-electron chi connectivity index (χ2n) is 4.12. The van der Waals surface area contributed by atoms with Crippen molar-refractivity contribution in [2.24, 2.45) is 0 Å². The molecule has 0 bridgehead atoms. The van der Waals surface area contributed by atoms with Crippen molar-refractivity contribution in [1.29, 1.82) is 0 Å². The summed E-state index contributed by atoms with van der Waals surface area (Å²) in [5.41, 5.74) is 2.93. The summed E-state index contributed by atoms with van der Waals surface area (Å²) in [6, 6.07) is 10.1. The molecule has 0 spiro atoms. The Kier molecular flexibility index (Phi) is 7.09. The normalized spacial score (nSPS) is 12.0. The SMILES string of the molecule is C=C/C=C\C(=C/C=C)N(/C(C=C)=C/C=C)c1ccccc1. The first-order valence-electron chi connectivity index (χ1n) is 6.70. The highest BCUT2D eigenvalue weighted by Gasteiger charge is 2.12. The molecule has 1 aromatic rings. The summed E-state index contributed by atoms with van der Waals surface area (Å²) < 4.78 is 0. The van der Waals surface area contributed by atoms with Crippen LogP contribution in [0, 0.1) is 0 Å². The van der Waals surface area contributed by atoms with Gasteiger partial charge >= 0.3 is 0 Å². The largest absolute Gasteiger partial charge is 0.311 e. The van der Waals surface area contributed by atoms with E-state index in [9.17, 15) is 0 Å². The molecule has 1 heteroatoms. The molecule has 0 fully saturated rings. The van der Waals surface area contributed by atoms with E-state index in [1.54, 1.807) is 24.3 Å². The van der Waals surface area contributed by atoms with E-state index in [0.29, 0.717) is 0 Å². The van der Waals surface area contributed by atoms with Crippen molar-refractivity contribution in [3.8, 4) is 0 Å². The van der Waals surface area contributed by atoms with Gasteiger partial charge in [0.1, 0.15) is 0 Å². The van der Waals surface area contributed by atoms with Gasteiger partial charge in [0.25, 0.3) is 0 Å². The van der Waals surface area contributed by atoms with E-state index in [1.807, 2.05) is 54.6 Å². The lowest BCUT2D eigenvalue weighted by Gasteiger charge is -2.27. The van der Waals surface area contributed by atoms with Gasteiger partial charge in [0.05, 0.1) is 0 Å². The minimum Gasteiger partial charge on any atom is -0.311 e. The Morgan fingerprint density at radius 3 is 1.95 bits per heavy atom. The molecule has 1 aromatic carbocycles. The highest BCUT2D eigenvalue weighted by Crippen LogP contribution is 2.25. The molecular weight excluding hydrogens is 254 g/mol. The molecule has 0 aliphatic heterocycles. The third-order valence-corrected chi connectivity index (χ3v) is 2.72. The van der Waals surface area contributed by atoms with Crippen molar-refractivity contribution in [2.45, 2.75) is 0 Å². The Hall–Kier alpha value is -2.80. The Labute approximate surface area is 127 Å². The van der Waals surface area contributed by atoms with Crippen LogP contribution >= 0.6 is 0 Å². The fraction of sp³-hybridized carbons (Fsp3) is 0. The summed E-state index contributed by atoms with van der Waals surface area (Å²) in [6.45, 7) is 15.2. The zero-order valence-corrected chi connectivity index (χ0v) is 12.3. The van der Waals surface area contributed by atoms with E-state index in [4.69, 9.17) is 0 Å². The molecule has 0 atom stereocenters. The van der Waals surface area contributed by atoms with Gasteiger partial charge in [-0.1, -0.05) is 68.8 Å². The summed E-state index contributed by atoms with van der Waals surface area (Å²) >= 11 is 0. The third-order valence-electron chi connectivity index (χ3n) is 2.72. The van der Waals surface area contributed by atoms with Gasteiger partial charge in [-0.15, -0.1) is 0 Å². The molecule has 106 valence electrons. The molecule has 0 saturated carbocycles. The first-order chi connectivity index (χ1) is 10.3. The van der Waals surface area contributed by atoms with Crippen LogP contribution in [0.25, 0.3) is 0 Å². The minimum atomic E-state index is 0.929. The van der Waals surface area contributed by atoms with Gasteiger partial charge in [-0.25, -0.2) is 0 Å². The molecule has 1 rings (SSSR count). The number of anilines is 1. The van der Waals surface area contributed by atoms with Crippen LogP contribution in [0.3, 0.4) is 0 Å². The van der Waals surface area contributed by atoms with Gasteiger partial charge in [0.2, 0.25) is 0 Å². The van der Waals surface area contributed by atoms with E-state index in [1.165, 1.54) is 0 Å². The van der Waals surface area contributed by atoms with Gasteiger partial charge in [-0.2, -0.15) is 0 Å². The van der Waals surface area contributed by atoms with Crippen LogP contribution in [-0.4, -0.2) is 0 Å². The zero-order chi connectivity index (χ0) is 15.5. The van der Waals surface area contributed by atoms with Gasteiger partial charge in [-0.3, -0.25) is 0 Å². The molecule has 0 heterocycles. The van der Waals surface area contributed by atoms with Crippen LogP contribution in [0.2, 0.25) is 0 Å². The minimum absolute atomic E-state index is 0.929. The van der Waals surface area contributed by atoms with Crippen LogP contribution in [-0.2, 0) is 0 Å². The fourth-order valence-corrected chi connectivity index (χ4v) is 1.87. The second-order valence-corrected chi connectivity index (χ2v) is 4.12. The third kappa shape index (κ3) is 4.66. The molecule has 0 N–H and O–H groups in total.